The number of rotatable bonds is 4. The summed E-state index contributed by atoms with van der Waals surface area (Å²) in [4.78, 5) is 23.6. The predicted octanol–water partition coefficient (Wildman–Crippen LogP) is 5.33. The van der Waals surface area contributed by atoms with Crippen molar-refractivity contribution in [2.24, 2.45) is 0 Å². The lowest BCUT2D eigenvalue weighted by Crippen LogP contribution is -2.26. The Bertz CT molecular complexity index is 814. The summed E-state index contributed by atoms with van der Waals surface area (Å²) in [6.07, 6.45) is 0. The molecule has 0 unspecified atom stereocenters. The lowest BCUT2D eigenvalue weighted by molar-refractivity contribution is 0.0685. The third-order valence-electron chi connectivity index (χ3n) is 4.57. The van der Waals surface area contributed by atoms with E-state index in [-0.39, 0.29) is 11.1 Å². The Morgan fingerprint density at radius 3 is 1.40 bits per heavy atom. The van der Waals surface area contributed by atoms with E-state index in [1.807, 2.05) is 0 Å². The fraction of sp³-hybridized carbons (Fsp3) is 0.263. The van der Waals surface area contributed by atoms with Crippen LogP contribution in [0.1, 0.15) is 56.8 Å². The molecule has 0 saturated heterocycles. The highest BCUT2D eigenvalue weighted by atomic mass is 35.5. The van der Waals surface area contributed by atoms with Gasteiger partial charge in [-0.2, -0.15) is 0 Å². The minimum Gasteiger partial charge on any atom is -0.478 e. The van der Waals surface area contributed by atoms with Crippen LogP contribution in [0.5, 0.6) is 0 Å². The molecule has 2 aromatic carbocycles. The van der Waals surface area contributed by atoms with Crippen molar-refractivity contribution in [2.45, 2.75) is 33.1 Å². The molecule has 0 bridgehead atoms. The number of aromatic carboxylic acids is 2. The van der Waals surface area contributed by atoms with Crippen molar-refractivity contribution in [1.82, 2.24) is 0 Å². The molecule has 2 rings (SSSR count). The largest absolute Gasteiger partial charge is 0.478 e. The van der Waals surface area contributed by atoms with Gasteiger partial charge in [0.1, 0.15) is 0 Å². The Balaban J connectivity index is 2.86. The van der Waals surface area contributed by atoms with Crippen LogP contribution in [-0.2, 0) is 5.41 Å². The van der Waals surface area contributed by atoms with Crippen molar-refractivity contribution >= 4 is 35.1 Å². The first-order chi connectivity index (χ1) is 11.5. The summed E-state index contributed by atoms with van der Waals surface area (Å²) in [5.41, 5.74) is 1.16. The molecule has 0 heterocycles. The second kappa shape index (κ2) is 6.70. The van der Waals surface area contributed by atoms with Gasteiger partial charge < -0.3 is 10.2 Å². The maximum Gasteiger partial charge on any atom is 0.336 e. The first-order valence-electron chi connectivity index (χ1n) is 7.55. The number of hydrogen-bond acceptors (Lipinski definition) is 2. The summed E-state index contributed by atoms with van der Waals surface area (Å²) in [7, 11) is 0. The number of benzene rings is 2. The van der Waals surface area contributed by atoms with E-state index >= 15 is 0 Å². The third kappa shape index (κ3) is 3.24. The summed E-state index contributed by atoms with van der Waals surface area (Å²) < 4.78 is 0. The Morgan fingerprint density at radius 2 is 1.12 bits per heavy atom. The first kappa shape index (κ1) is 19.3. The summed E-state index contributed by atoms with van der Waals surface area (Å²) in [6, 6.07) is 6.52. The number of hydrogen-bond donors (Lipinski definition) is 2. The van der Waals surface area contributed by atoms with Gasteiger partial charge in [-0.25, -0.2) is 9.59 Å². The summed E-state index contributed by atoms with van der Waals surface area (Å²) in [5.74, 6) is -2.21. The van der Waals surface area contributed by atoms with E-state index in [1.54, 1.807) is 52.0 Å². The van der Waals surface area contributed by atoms with Crippen LogP contribution >= 0.6 is 23.2 Å². The van der Waals surface area contributed by atoms with Crippen molar-refractivity contribution in [1.29, 1.82) is 0 Å². The molecule has 0 aliphatic rings. The second-order valence-electron chi connectivity index (χ2n) is 6.43. The quantitative estimate of drug-likeness (QED) is 0.751. The zero-order chi connectivity index (χ0) is 19.1. The van der Waals surface area contributed by atoms with E-state index in [0.717, 1.165) is 0 Å². The van der Waals surface area contributed by atoms with Crippen LogP contribution in [0.4, 0.5) is 0 Å². The molecule has 2 aromatic rings. The van der Waals surface area contributed by atoms with Crippen molar-refractivity contribution in [3.8, 4) is 0 Å². The van der Waals surface area contributed by atoms with Gasteiger partial charge in [0.15, 0.2) is 0 Å². The minimum absolute atomic E-state index is 0.0847. The monoisotopic (exact) mass is 380 g/mol. The highest BCUT2D eigenvalue weighted by molar-refractivity contribution is 6.32. The van der Waals surface area contributed by atoms with Gasteiger partial charge in [0.25, 0.3) is 0 Å². The number of carbonyl (C=O) groups is 2. The molecule has 132 valence electrons. The van der Waals surface area contributed by atoms with Crippen LogP contribution in [-0.4, -0.2) is 22.2 Å². The first-order valence-corrected chi connectivity index (χ1v) is 8.31. The lowest BCUT2D eigenvalue weighted by Gasteiger charge is -2.30. The van der Waals surface area contributed by atoms with Gasteiger partial charge in [0, 0.05) is 15.5 Å². The van der Waals surface area contributed by atoms with E-state index in [9.17, 15) is 19.8 Å². The van der Waals surface area contributed by atoms with Gasteiger partial charge in [0.2, 0.25) is 0 Å². The Morgan fingerprint density at radius 1 is 0.800 bits per heavy atom. The number of carboxylic acids is 2. The Labute approximate surface area is 156 Å². The van der Waals surface area contributed by atoms with Crippen LogP contribution in [0, 0.1) is 13.8 Å². The van der Waals surface area contributed by atoms with Crippen molar-refractivity contribution in [3.63, 3.8) is 0 Å². The van der Waals surface area contributed by atoms with Gasteiger partial charge in [-0.1, -0.05) is 49.2 Å². The van der Waals surface area contributed by atoms with Crippen molar-refractivity contribution in [2.75, 3.05) is 0 Å². The third-order valence-corrected chi connectivity index (χ3v) is 5.39. The molecule has 0 aromatic heterocycles. The minimum atomic E-state index is -1.11. The molecule has 0 saturated carbocycles. The average Bonchev–Trinajstić information content (AvgIpc) is 2.51. The average molecular weight is 381 g/mol. The molecule has 4 nitrogen and oxygen atoms in total. The van der Waals surface area contributed by atoms with E-state index in [1.165, 1.54) is 0 Å². The fourth-order valence-corrected chi connectivity index (χ4v) is 3.43. The highest BCUT2D eigenvalue weighted by Gasteiger charge is 2.34. The Hall–Kier alpha value is -2.04. The van der Waals surface area contributed by atoms with Crippen LogP contribution in [0.3, 0.4) is 0 Å². The Kier molecular flexibility index (Phi) is 5.17. The van der Waals surface area contributed by atoms with Gasteiger partial charge in [-0.3, -0.25) is 0 Å². The molecule has 2 N–H and O–H groups in total. The van der Waals surface area contributed by atoms with Gasteiger partial charge >= 0.3 is 11.9 Å². The molecule has 25 heavy (non-hydrogen) atoms. The maximum atomic E-state index is 11.8. The van der Waals surface area contributed by atoms with Crippen LogP contribution in [0.15, 0.2) is 24.3 Å². The molecular weight excluding hydrogens is 363 g/mol. The van der Waals surface area contributed by atoms with Crippen molar-refractivity contribution in [3.05, 3.63) is 67.7 Å². The molecule has 6 heteroatoms. The molecule has 0 spiro atoms. The molecule has 0 aliphatic heterocycles. The van der Waals surface area contributed by atoms with Crippen LogP contribution < -0.4 is 0 Å². The molecule has 0 aliphatic carbocycles. The predicted molar refractivity (Wildman–Crippen MR) is 98.4 cm³/mol. The topological polar surface area (TPSA) is 74.6 Å². The van der Waals surface area contributed by atoms with Gasteiger partial charge in [0.05, 0.1) is 11.1 Å². The molecule has 0 fully saturated rings. The molecule has 0 radical (unpaired) electrons. The molecule has 0 amide bonds. The summed E-state index contributed by atoms with van der Waals surface area (Å²) in [5, 5.41) is 20.0. The summed E-state index contributed by atoms with van der Waals surface area (Å²) >= 11 is 12.2. The van der Waals surface area contributed by atoms with E-state index < -0.39 is 17.4 Å². The van der Waals surface area contributed by atoms with Crippen molar-refractivity contribution < 1.29 is 19.8 Å². The second-order valence-corrected chi connectivity index (χ2v) is 7.24. The maximum absolute atomic E-state index is 11.8. The number of carboxylic acid groups (broad SMARTS) is 2. The van der Waals surface area contributed by atoms with Gasteiger partial charge in [-0.15, -0.1) is 0 Å². The standard InChI is InChI=1S/C19H18Cl2O4/c1-9-13(20)7-5-11(15(9)17(22)23)19(3,4)12-6-8-14(21)10(2)16(12)18(24)25/h5-8H,1-4H3,(H,22,23)(H,24,25). The zero-order valence-electron chi connectivity index (χ0n) is 14.3. The highest BCUT2D eigenvalue weighted by Crippen LogP contribution is 2.40. The van der Waals surface area contributed by atoms with E-state index in [4.69, 9.17) is 23.2 Å². The zero-order valence-corrected chi connectivity index (χ0v) is 15.8. The molecule has 0 atom stereocenters. The SMILES string of the molecule is Cc1c(Cl)ccc(C(C)(C)c2ccc(Cl)c(C)c2C(=O)O)c1C(=O)O. The van der Waals surface area contributed by atoms with E-state index in [0.29, 0.717) is 32.3 Å². The van der Waals surface area contributed by atoms with Gasteiger partial charge in [-0.05, 0) is 48.2 Å². The molecular formula is C19H18Cl2O4. The smallest absolute Gasteiger partial charge is 0.336 e. The fourth-order valence-electron chi connectivity index (χ4n) is 3.11. The lowest BCUT2D eigenvalue weighted by atomic mass is 9.73. The van der Waals surface area contributed by atoms with Crippen LogP contribution in [0.25, 0.3) is 0 Å². The summed E-state index contributed by atoms with van der Waals surface area (Å²) in [6.45, 7) is 6.85. The normalized spacial score (nSPS) is 11.4. The van der Waals surface area contributed by atoms with Crippen LogP contribution in [0.2, 0.25) is 10.0 Å². The van der Waals surface area contributed by atoms with E-state index in [2.05, 4.69) is 0 Å². The number of halogens is 2.